The molecule has 1 N–H and O–H groups in total. The summed E-state index contributed by atoms with van der Waals surface area (Å²) in [4.78, 5) is 12.2. The molecule has 0 aliphatic rings. The molecule has 0 aromatic heterocycles. The van der Waals surface area contributed by atoms with Gasteiger partial charge in [-0.05, 0) is 37.3 Å². The monoisotopic (exact) mass is 440 g/mol. The van der Waals surface area contributed by atoms with E-state index >= 15 is 0 Å². The Labute approximate surface area is 176 Å². The number of nitrogens with zero attached hydrogens (tertiary/aromatic N) is 1. The van der Waals surface area contributed by atoms with Crippen LogP contribution in [0.3, 0.4) is 0 Å². The average molecular weight is 441 g/mol. The second-order valence-corrected chi connectivity index (χ2v) is 8.26. The fourth-order valence-corrected chi connectivity index (χ4v) is 4.62. The molecule has 7 nitrogen and oxygen atoms in total. The third-order valence-corrected chi connectivity index (χ3v) is 6.58. The molecule has 0 unspecified atom stereocenters. The zero-order valence-corrected chi connectivity index (χ0v) is 18.2. The van der Waals surface area contributed by atoms with Gasteiger partial charge in [0.15, 0.2) is 18.1 Å². The van der Waals surface area contributed by atoms with Gasteiger partial charge in [-0.3, -0.25) is 4.79 Å². The molecule has 0 heterocycles. The summed E-state index contributed by atoms with van der Waals surface area (Å²) in [6.45, 7) is 6.20. The van der Waals surface area contributed by atoms with Gasteiger partial charge in [0.1, 0.15) is 4.90 Å². The predicted molar refractivity (Wildman–Crippen MR) is 113 cm³/mol. The number of halogens is 1. The molecule has 29 heavy (non-hydrogen) atoms. The van der Waals surface area contributed by atoms with Gasteiger partial charge in [0.2, 0.25) is 10.0 Å². The van der Waals surface area contributed by atoms with Gasteiger partial charge in [-0.15, -0.1) is 0 Å². The molecule has 0 aliphatic heterocycles. The summed E-state index contributed by atoms with van der Waals surface area (Å²) in [7, 11) is -3.76. The van der Waals surface area contributed by atoms with Crippen LogP contribution in [0.4, 0.5) is 5.69 Å². The van der Waals surface area contributed by atoms with Gasteiger partial charge in [0.05, 0.1) is 11.6 Å². The first-order valence-electron chi connectivity index (χ1n) is 9.27. The molecule has 9 heteroatoms. The molecule has 0 radical (unpaired) electrons. The summed E-state index contributed by atoms with van der Waals surface area (Å²) >= 11 is 6.11. The van der Waals surface area contributed by atoms with E-state index in [1.54, 1.807) is 32.0 Å². The maximum Gasteiger partial charge on any atom is 0.262 e. The minimum Gasteiger partial charge on any atom is -0.490 e. The van der Waals surface area contributed by atoms with Crippen LogP contribution >= 0.6 is 11.6 Å². The minimum atomic E-state index is -3.76. The molecule has 0 saturated carbocycles. The fraction of sp³-hybridized carbons (Fsp3) is 0.350. The van der Waals surface area contributed by atoms with Crippen LogP contribution in [0, 0.1) is 0 Å². The van der Waals surface area contributed by atoms with Gasteiger partial charge in [-0.25, -0.2) is 8.42 Å². The number of ether oxygens (including phenoxy) is 2. The molecule has 158 valence electrons. The van der Waals surface area contributed by atoms with E-state index in [0.29, 0.717) is 36.9 Å². The number of rotatable bonds is 10. The molecule has 2 aromatic carbocycles. The zero-order chi connectivity index (χ0) is 21.4. The first-order valence-corrected chi connectivity index (χ1v) is 11.1. The van der Waals surface area contributed by atoms with Gasteiger partial charge in [0, 0.05) is 18.8 Å². The Kier molecular flexibility index (Phi) is 8.31. The van der Waals surface area contributed by atoms with Crippen molar-refractivity contribution < 1.29 is 22.7 Å². The summed E-state index contributed by atoms with van der Waals surface area (Å²) in [6.07, 6.45) is 0. The van der Waals surface area contributed by atoms with Gasteiger partial charge in [-0.2, -0.15) is 4.31 Å². The molecule has 0 fully saturated rings. The van der Waals surface area contributed by atoms with E-state index in [4.69, 9.17) is 21.1 Å². The van der Waals surface area contributed by atoms with Gasteiger partial charge in [0.25, 0.3) is 5.91 Å². The second kappa shape index (κ2) is 10.5. The molecular formula is C20H25ClN2O5S. The third-order valence-electron chi connectivity index (χ3n) is 4.05. The number of anilines is 1. The second-order valence-electron chi connectivity index (χ2n) is 5.95. The first-order chi connectivity index (χ1) is 13.8. The number of hydrogen-bond donors (Lipinski definition) is 1. The van der Waals surface area contributed by atoms with Crippen molar-refractivity contribution in [3.8, 4) is 11.5 Å². The number of hydrogen-bond acceptors (Lipinski definition) is 5. The molecule has 0 bridgehead atoms. The van der Waals surface area contributed by atoms with Crippen molar-refractivity contribution in [1.29, 1.82) is 0 Å². The van der Waals surface area contributed by atoms with Gasteiger partial charge >= 0.3 is 0 Å². The SMILES string of the molecule is CCOc1ccccc1OCC(=O)Nc1ccc(Cl)c(S(=O)(=O)N(CC)CC)c1. The van der Waals surface area contributed by atoms with Crippen LogP contribution in [0.15, 0.2) is 47.4 Å². The molecule has 1 amide bonds. The maximum atomic E-state index is 12.8. The van der Waals surface area contributed by atoms with Crippen molar-refractivity contribution in [2.45, 2.75) is 25.7 Å². The Balaban J connectivity index is 2.12. The lowest BCUT2D eigenvalue weighted by Crippen LogP contribution is -2.31. The third kappa shape index (κ3) is 5.85. The van der Waals surface area contributed by atoms with Gasteiger partial charge < -0.3 is 14.8 Å². The molecular weight excluding hydrogens is 416 g/mol. The number of nitrogens with one attached hydrogen (secondary N) is 1. The number of amides is 1. The van der Waals surface area contributed by atoms with E-state index in [9.17, 15) is 13.2 Å². The van der Waals surface area contributed by atoms with Crippen molar-refractivity contribution in [2.75, 3.05) is 31.6 Å². The summed E-state index contributed by atoms with van der Waals surface area (Å²) in [6, 6.07) is 11.4. The Morgan fingerprint density at radius 2 is 1.66 bits per heavy atom. The molecule has 2 rings (SSSR count). The van der Waals surface area contributed by atoms with Gasteiger partial charge in [-0.1, -0.05) is 37.6 Å². The summed E-state index contributed by atoms with van der Waals surface area (Å²) in [5.74, 6) is 0.553. The zero-order valence-electron chi connectivity index (χ0n) is 16.6. The summed E-state index contributed by atoms with van der Waals surface area (Å²) in [5, 5.41) is 2.73. The van der Waals surface area contributed by atoms with Crippen LogP contribution in [0.25, 0.3) is 0 Å². The largest absolute Gasteiger partial charge is 0.490 e. The lowest BCUT2D eigenvalue weighted by atomic mass is 10.3. The van der Waals surface area contributed by atoms with E-state index in [-0.39, 0.29) is 16.5 Å². The Bertz CT molecular complexity index is 946. The topological polar surface area (TPSA) is 84.9 Å². The highest BCUT2D eigenvalue weighted by atomic mass is 35.5. The van der Waals surface area contributed by atoms with E-state index in [0.717, 1.165) is 0 Å². The van der Waals surface area contributed by atoms with E-state index in [1.807, 2.05) is 13.0 Å². The predicted octanol–water partition coefficient (Wildman–Crippen LogP) is 3.79. The number of benzene rings is 2. The smallest absolute Gasteiger partial charge is 0.262 e. The average Bonchev–Trinajstić information content (AvgIpc) is 2.69. The summed E-state index contributed by atoms with van der Waals surface area (Å²) < 4.78 is 37.8. The van der Waals surface area contributed by atoms with E-state index in [1.165, 1.54) is 22.5 Å². The van der Waals surface area contributed by atoms with Crippen molar-refractivity contribution in [3.05, 3.63) is 47.5 Å². The first kappa shape index (κ1) is 23.0. The Morgan fingerprint density at radius 3 is 2.24 bits per heavy atom. The number of carbonyl (C=O) groups is 1. The number of carbonyl (C=O) groups excluding carboxylic acids is 1. The molecule has 0 saturated heterocycles. The summed E-state index contributed by atoms with van der Waals surface area (Å²) in [5.41, 5.74) is 0.312. The van der Waals surface area contributed by atoms with Crippen LogP contribution in [0.5, 0.6) is 11.5 Å². The number of sulfonamides is 1. The number of para-hydroxylation sites is 2. The van der Waals surface area contributed by atoms with Crippen LogP contribution in [-0.4, -0.2) is 44.9 Å². The molecule has 2 aromatic rings. The highest BCUT2D eigenvalue weighted by Gasteiger charge is 2.25. The van der Waals surface area contributed by atoms with Crippen molar-refractivity contribution in [2.24, 2.45) is 0 Å². The Morgan fingerprint density at radius 1 is 1.03 bits per heavy atom. The fourth-order valence-electron chi connectivity index (χ4n) is 2.67. The molecule has 0 aliphatic carbocycles. The van der Waals surface area contributed by atoms with Crippen molar-refractivity contribution >= 4 is 33.2 Å². The lowest BCUT2D eigenvalue weighted by Gasteiger charge is -2.19. The highest BCUT2D eigenvalue weighted by Crippen LogP contribution is 2.28. The quantitative estimate of drug-likeness (QED) is 0.607. The standard InChI is InChI=1S/C20H25ClN2O5S/c1-4-23(5-2)29(25,26)19-13-15(11-12-16(19)21)22-20(24)14-28-18-10-8-7-9-17(18)27-6-3/h7-13H,4-6,14H2,1-3H3,(H,22,24). The molecule has 0 atom stereocenters. The van der Waals surface area contributed by atoms with Crippen molar-refractivity contribution in [1.82, 2.24) is 4.31 Å². The van der Waals surface area contributed by atoms with E-state index in [2.05, 4.69) is 5.32 Å². The molecule has 0 spiro atoms. The normalized spacial score (nSPS) is 11.3. The van der Waals surface area contributed by atoms with Crippen LogP contribution in [0.2, 0.25) is 5.02 Å². The van der Waals surface area contributed by atoms with Crippen LogP contribution < -0.4 is 14.8 Å². The minimum absolute atomic E-state index is 0.0525. The highest BCUT2D eigenvalue weighted by molar-refractivity contribution is 7.89. The van der Waals surface area contributed by atoms with E-state index < -0.39 is 15.9 Å². The maximum absolute atomic E-state index is 12.8. The Hall–Kier alpha value is -2.29. The van der Waals surface area contributed by atoms with Crippen LogP contribution in [-0.2, 0) is 14.8 Å². The lowest BCUT2D eigenvalue weighted by molar-refractivity contribution is -0.118. The van der Waals surface area contributed by atoms with Crippen molar-refractivity contribution in [3.63, 3.8) is 0 Å². The van der Waals surface area contributed by atoms with Crippen LogP contribution in [0.1, 0.15) is 20.8 Å².